The number of rotatable bonds is 4. The van der Waals surface area contributed by atoms with E-state index in [2.05, 4.69) is 12.2 Å². The fourth-order valence-corrected chi connectivity index (χ4v) is 3.28. The normalized spacial score (nSPS) is 17.0. The highest BCUT2D eigenvalue weighted by molar-refractivity contribution is 6.44. The van der Waals surface area contributed by atoms with Gasteiger partial charge in [0.25, 0.3) is 0 Å². The van der Waals surface area contributed by atoms with Crippen LogP contribution >= 0.6 is 23.2 Å². The van der Waals surface area contributed by atoms with Gasteiger partial charge in [0.05, 0.1) is 21.7 Å². The highest BCUT2D eigenvalue weighted by Crippen LogP contribution is 2.35. The van der Waals surface area contributed by atoms with Gasteiger partial charge in [0, 0.05) is 18.7 Å². The molecule has 3 rings (SSSR count). The first-order chi connectivity index (χ1) is 12.0. The van der Waals surface area contributed by atoms with Crippen LogP contribution in [0.2, 0.25) is 10.0 Å². The summed E-state index contributed by atoms with van der Waals surface area (Å²) in [6.45, 7) is 2.37. The third-order valence-electron chi connectivity index (χ3n) is 4.35. The maximum Gasteiger partial charge on any atom is 0.229 e. The molecule has 0 saturated carbocycles. The summed E-state index contributed by atoms with van der Waals surface area (Å²) in [6, 6.07) is 12.8. The van der Waals surface area contributed by atoms with Crippen molar-refractivity contribution in [1.29, 1.82) is 0 Å². The molecule has 1 aliphatic heterocycles. The zero-order chi connectivity index (χ0) is 18.0. The Kier molecular flexibility index (Phi) is 5.30. The van der Waals surface area contributed by atoms with E-state index in [4.69, 9.17) is 23.2 Å². The molecule has 0 radical (unpaired) electrons. The van der Waals surface area contributed by atoms with Crippen molar-refractivity contribution in [2.24, 2.45) is 5.92 Å². The highest BCUT2D eigenvalue weighted by Gasteiger charge is 2.36. The van der Waals surface area contributed by atoms with Crippen LogP contribution in [0.1, 0.15) is 18.9 Å². The molecular formula is C19H18Cl2N2O2. The minimum Gasteiger partial charge on any atom is -0.326 e. The lowest BCUT2D eigenvalue weighted by atomic mass is 10.1. The largest absolute Gasteiger partial charge is 0.326 e. The lowest BCUT2D eigenvalue weighted by Gasteiger charge is -2.18. The van der Waals surface area contributed by atoms with Crippen LogP contribution < -0.4 is 10.2 Å². The van der Waals surface area contributed by atoms with Crippen LogP contribution in [0.4, 0.5) is 11.4 Å². The van der Waals surface area contributed by atoms with Gasteiger partial charge in [-0.3, -0.25) is 9.59 Å². The van der Waals surface area contributed by atoms with E-state index < -0.39 is 5.92 Å². The molecule has 0 aromatic heterocycles. The molecule has 1 N–H and O–H groups in total. The van der Waals surface area contributed by atoms with E-state index in [1.165, 1.54) is 10.5 Å². The number of amides is 2. The Balaban J connectivity index is 1.71. The van der Waals surface area contributed by atoms with Gasteiger partial charge in [-0.05, 0) is 36.2 Å². The number of nitrogens with one attached hydrogen (secondary N) is 1. The number of benzene rings is 2. The second-order valence-corrected chi connectivity index (χ2v) is 6.80. The maximum atomic E-state index is 12.5. The van der Waals surface area contributed by atoms with E-state index in [-0.39, 0.29) is 24.8 Å². The molecule has 1 atom stereocenters. The highest BCUT2D eigenvalue weighted by atomic mass is 35.5. The third kappa shape index (κ3) is 3.80. The SMILES string of the molecule is CCc1ccc(NC(=O)C2CC(=O)N(c3cccc(Cl)c3Cl)C2)cc1. The molecule has 0 bridgehead atoms. The lowest BCUT2D eigenvalue weighted by Crippen LogP contribution is -2.28. The Morgan fingerprint density at radius 1 is 1.20 bits per heavy atom. The van der Waals surface area contributed by atoms with E-state index in [1.54, 1.807) is 18.2 Å². The zero-order valence-corrected chi connectivity index (χ0v) is 15.3. The van der Waals surface area contributed by atoms with Gasteiger partial charge >= 0.3 is 0 Å². The number of anilines is 2. The number of hydrogen-bond donors (Lipinski definition) is 1. The van der Waals surface area contributed by atoms with Gasteiger partial charge in [0.15, 0.2) is 0 Å². The first-order valence-corrected chi connectivity index (χ1v) is 8.89. The number of nitrogens with zero attached hydrogens (tertiary/aromatic N) is 1. The summed E-state index contributed by atoms with van der Waals surface area (Å²) in [7, 11) is 0. The summed E-state index contributed by atoms with van der Waals surface area (Å²) >= 11 is 12.2. The smallest absolute Gasteiger partial charge is 0.229 e. The molecule has 1 fully saturated rings. The second-order valence-electron chi connectivity index (χ2n) is 6.02. The van der Waals surface area contributed by atoms with Crippen molar-refractivity contribution in [2.75, 3.05) is 16.8 Å². The average Bonchev–Trinajstić information content (AvgIpc) is 3.00. The molecular weight excluding hydrogens is 359 g/mol. The molecule has 2 amide bonds. The van der Waals surface area contributed by atoms with Crippen molar-refractivity contribution < 1.29 is 9.59 Å². The van der Waals surface area contributed by atoms with Gasteiger partial charge in [-0.25, -0.2) is 0 Å². The predicted molar refractivity (Wildman–Crippen MR) is 101 cm³/mol. The first-order valence-electron chi connectivity index (χ1n) is 8.13. The van der Waals surface area contributed by atoms with Crippen LogP contribution in [0, 0.1) is 5.92 Å². The van der Waals surface area contributed by atoms with Crippen molar-refractivity contribution in [3.63, 3.8) is 0 Å². The molecule has 4 nitrogen and oxygen atoms in total. The third-order valence-corrected chi connectivity index (χ3v) is 5.16. The fraction of sp³-hybridized carbons (Fsp3) is 0.263. The Morgan fingerprint density at radius 2 is 1.92 bits per heavy atom. The molecule has 2 aromatic carbocycles. The van der Waals surface area contributed by atoms with Crippen LogP contribution in [0.5, 0.6) is 0 Å². The van der Waals surface area contributed by atoms with E-state index in [1.807, 2.05) is 24.3 Å². The van der Waals surface area contributed by atoms with Gasteiger partial charge < -0.3 is 10.2 Å². The number of halogens is 2. The van der Waals surface area contributed by atoms with Crippen LogP contribution in [-0.4, -0.2) is 18.4 Å². The summed E-state index contributed by atoms with van der Waals surface area (Å²) in [6.07, 6.45) is 1.10. The van der Waals surface area contributed by atoms with Gasteiger partial charge in [0.2, 0.25) is 11.8 Å². The quantitative estimate of drug-likeness (QED) is 0.850. The van der Waals surface area contributed by atoms with Crippen molar-refractivity contribution in [3.8, 4) is 0 Å². The Morgan fingerprint density at radius 3 is 2.60 bits per heavy atom. The van der Waals surface area contributed by atoms with Crippen molar-refractivity contribution in [2.45, 2.75) is 19.8 Å². The van der Waals surface area contributed by atoms with Crippen molar-refractivity contribution >= 4 is 46.4 Å². The van der Waals surface area contributed by atoms with E-state index in [0.717, 1.165) is 12.1 Å². The molecule has 2 aromatic rings. The minimum atomic E-state index is -0.423. The lowest BCUT2D eigenvalue weighted by molar-refractivity contribution is -0.122. The maximum absolute atomic E-state index is 12.5. The average molecular weight is 377 g/mol. The van der Waals surface area contributed by atoms with Crippen LogP contribution in [-0.2, 0) is 16.0 Å². The number of hydrogen-bond acceptors (Lipinski definition) is 2. The van der Waals surface area contributed by atoms with Crippen LogP contribution in [0.25, 0.3) is 0 Å². The molecule has 0 aliphatic carbocycles. The van der Waals surface area contributed by atoms with Crippen molar-refractivity contribution in [3.05, 3.63) is 58.1 Å². The van der Waals surface area contributed by atoms with Gasteiger partial charge in [-0.2, -0.15) is 0 Å². The molecule has 1 saturated heterocycles. The molecule has 1 aliphatic rings. The molecule has 1 unspecified atom stereocenters. The van der Waals surface area contributed by atoms with Gasteiger partial charge in [-0.15, -0.1) is 0 Å². The number of aryl methyl sites for hydroxylation is 1. The Bertz CT molecular complexity index is 806. The van der Waals surface area contributed by atoms with Gasteiger partial charge in [0.1, 0.15) is 0 Å². The molecule has 0 spiro atoms. The Labute approximate surface area is 156 Å². The first kappa shape index (κ1) is 17.8. The molecule has 130 valence electrons. The summed E-state index contributed by atoms with van der Waals surface area (Å²) in [4.78, 5) is 26.4. The fourth-order valence-electron chi connectivity index (χ4n) is 2.89. The summed E-state index contributed by atoms with van der Waals surface area (Å²) in [5.74, 6) is -0.725. The van der Waals surface area contributed by atoms with E-state index in [0.29, 0.717) is 15.7 Å². The molecule has 6 heteroatoms. The second kappa shape index (κ2) is 7.46. The molecule has 25 heavy (non-hydrogen) atoms. The predicted octanol–water partition coefficient (Wildman–Crippen LogP) is 4.55. The van der Waals surface area contributed by atoms with Crippen LogP contribution in [0.15, 0.2) is 42.5 Å². The standard InChI is InChI=1S/C19H18Cl2N2O2/c1-2-12-6-8-14(9-7-12)22-19(25)13-10-17(24)23(11-13)16-5-3-4-15(20)18(16)21/h3-9,13H,2,10-11H2,1H3,(H,22,25). The van der Waals surface area contributed by atoms with Crippen molar-refractivity contribution in [1.82, 2.24) is 0 Å². The number of carbonyl (C=O) groups excluding carboxylic acids is 2. The van der Waals surface area contributed by atoms with Gasteiger partial charge in [-0.1, -0.05) is 48.3 Å². The molecule has 1 heterocycles. The summed E-state index contributed by atoms with van der Waals surface area (Å²) in [5.41, 5.74) is 2.48. The van der Waals surface area contributed by atoms with E-state index >= 15 is 0 Å². The minimum absolute atomic E-state index is 0.134. The Hall–Kier alpha value is -2.04. The summed E-state index contributed by atoms with van der Waals surface area (Å²) in [5, 5.41) is 3.59. The summed E-state index contributed by atoms with van der Waals surface area (Å²) < 4.78 is 0. The zero-order valence-electron chi connectivity index (χ0n) is 13.8. The topological polar surface area (TPSA) is 49.4 Å². The van der Waals surface area contributed by atoms with Crippen LogP contribution in [0.3, 0.4) is 0 Å². The monoisotopic (exact) mass is 376 g/mol. The van der Waals surface area contributed by atoms with E-state index in [9.17, 15) is 9.59 Å². The number of carbonyl (C=O) groups is 2.